The first kappa shape index (κ1) is 12.0. The fourth-order valence-electron chi connectivity index (χ4n) is 2.38. The molecule has 3 nitrogen and oxygen atoms in total. The Morgan fingerprint density at radius 3 is 2.71 bits per heavy atom. The Bertz CT molecular complexity index is 421. The van der Waals surface area contributed by atoms with Gasteiger partial charge in [-0.1, -0.05) is 12.1 Å². The highest BCUT2D eigenvalue weighted by Gasteiger charge is 2.33. The fraction of sp³-hybridized carbons (Fsp3) is 0.500. The van der Waals surface area contributed by atoms with Crippen molar-refractivity contribution in [2.45, 2.75) is 32.1 Å². The zero-order valence-corrected chi connectivity index (χ0v) is 10.3. The third kappa shape index (κ3) is 2.78. The minimum absolute atomic E-state index is 0.164. The van der Waals surface area contributed by atoms with Crippen molar-refractivity contribution in [2.75, 3.05) is 7.11 Å². The molecular formula is C14H18O3. The van der Waals surface area contributed by atoms with Crippen molar-refractivity contribution in [3.8, 4) is 5.75 Å². The molecule has 0 amide bonds. The Labute approximate surface area is 101 Å². The maximum atomic E-state index is 10.9. The molecule has 0 heterocycles. The summed E-state index contributed by atoms with van der Waals surface area (Å²) in [4.78, 5) is 10.9. The third-order valence-corrected chi connectivity index (χ3v) is 3.43. The van der Waals surface area contributed by atoms with Crippen molar-refractivity contribution >= 4 is 5.97 Å². The van der Waals surface area contributed by atoms with Crippen LogP contribution < -0.4 is 4.74 Å². The summed E-state index contributed by atoms with van der Waals surface area (Å²) >= 11 is 0. The predicted octanol–water partition coefficient (Wildman–Crippen LogP) is 2.97. The van der Waals surface area contributed by atoms with Crippen molar-refractivity contribution in [3.05, 3.63) is 29.3 Å². The van der Waals surface area contributed by atoms with Crippen LogP contribution in [0.2, 0.25) is 0 Å². The first-order valence-corrected chi connectivity index (χ1v) is 5.98. The van der Waals surface area contributed by atoms with Gasteiger partial charge in [-0.15, -0.1) is 0 Å². The number of aryl methyl sites for hydroxylation is 1. The molecule has 0 saturated heterocycles. The second-order valence-electron chi connectivity index (χ2n) is 4.77. The van der Waals surface area contributed by atoms with Crippen molar-refractivity contribution < 1.29 is 14.6 Å². The molecule has 0 aliphatic heterocycles. The summed E-state index contributed by atoms with van der Waals surface area (Å²) in [5, 5.41) is 8.97. The molecule has 1 aromatic rings. The molecule has 1 saturated carbocycles. The number of hydrogen-bond acceptors (Lipinski definition) is 2. The van der Waals surface area contributed by atoms with Gasteiger partial charge < -0.3 is 9.84 Å². The molecule has 3 heteroatoms. The summed E-state index contributed by atoms with van der Waals surface area (Å²) in [7, 11) is 1.65. The van der Waals surface area contributed by atoms with E-state index < -0.39 is 5.97 Å². The normalized spacial score (nSPS) is 16.6. The second kappa shape index (κ2) is 4.78. The molecule has 0 bridgehead atoms. The van der Waals surface area contributed by atoms with Gasteiger partial charge in [0.15, 0.2) is 0 Å². The molecule has 1 N–H and O–H groups in total. The molecular weight excluding hydrogens is 216 g/mol. The van der Waals surface area contributed by atoms with E-state index in [2.05, 4.69) is 6.07 Å². The van der Waals surface area contributed by atoms with Crippen LogP contribution in [-0.2, 0) is 4.79 Å². The van der Waals surface area contributed by atoms with Crippen LogP contribution in [0.4, 0.5) is 0 Å². The van der Waals surface area contributed by atoms with Gasteiger partial charge in [0.25, 0.3) is 0 Å². The first-order valence-electron chi connectivity index (χ1n) is 5.98. The SMILES string of the molecule is COc1ccc(C(CC(=O)O)C2CC2)cc1C. The smallest absolute Gasteiger partial charge is 0.303 e. The zero-order chi connectivity index (χ0) is 12.4. The standard InChI is InChI=1S/C14H18O3/c1-9-7-11(5-6-13(9)17-2)12(8-14(15)16)10-3-4-10/h5-7,10,12H,3-4,8H2,1-2H3,(H,15,16). The number of aliphatic carboxylic acids is 1. The van der Waals surface area contributed by atoms with Gasteiger partial charge in [0.05, 0.1) is 13.5 Å². The average Bonchev–Trinajstić information content (AvgIpc) is 3.09. The highest BCUT2D eigenvalue weighted by molar-refractivity contribution is 5.68. The van der Waals surface area contributed by atoms with Crippen LogP contribution in [0.15, 0.2) is 18.2 Å². The maximum Gasteiger partial charge on any atom is 0.303 e. The van der Waals surface area contributed by atoms with E-state index in [1.165, 1.54) is 0 Å². The van der Waals surface area contributed by atoms with Gasteiger partial charge in [-0.3, -0.25) is 4.79 Å². The predicted molar refractivity (Wildman–Crippen MR) is 65.4 cm³/mol. The van der Waals surface area contributed by atoms with Crippen LogP contribution in [0, 0.1) is 12.8 Å². The van der Waals surface area contributed by atoms with Crippen molar-refractivity contribution in [1.82, 2.24) is 0 Å². The molecule has 1 atom stereocenters. The Hall–Kier alpha value is -1.51. The molecule has 17 heavy (non-hydrogen) atoms. The monoisotopic (exact) mass is 234 g/mol. The van der Waals surface area contributed by atoms with E-state index >= 15 is 0 Å². The average molecular weight is 234 g/mol. The largest absolute Gasteiger partial charge is 0.496 e. The summed E-state index contributed by atoms with van der Waals surface area (Å²) < 4.78 is 5.22. The second-order valence-corrected chi connectivity index (χ2v) is 4.77. The number of methoxy groups -OCH3 is 1. The molecule has 2 rings (SSSR count). The van der Waals surface area contributed by atoms with E-state index in [-0.39, 0.29) is 12.3 Å². The van der Waals surface area contributed by atoms with Crippen LogP contribution in [0.5, 0.6) is 5.75 Å². The van der Waals surface area contributed by atoms with Gasteiger partial charge in [-0.05, 0) is 48.8 Å². The third-order valence-electron chi connectivity index (χ3n) is 3.43. The summed E-state index contributed by atoms with van der Waals surface area (Å²) in [5.74, 6) is 0.866. The number of carboxylic acids is 1. The van der Waals surface area contributed by atoms with Gasteiger partial charge in [-0.25, -0.2) is 0 Å². The van der Waals surface area contributed by atoms with E-state index in [0.717, 1.165) is 29.7 Å². The lowest BCUT2D eigenvalue weighted by atomic mass is 9.90. The summed E-state index contributed by atoms with van der Waals surface area (Å²) in [6.45, 7) is 1.99. The Morgan fingerprint density at radius 1 is 1.53 bits per heavy atom. The van der Waals surface area contributed by atoms with Gasteiger partial charge in [0.2, 0.25) is 0 Å². The van der Waals surface area contributed by atoms with Crippen molar-refractivity contribution in [1.29, 1.82) is 0 Å². The molecule has 1 unspecified atom stereocenters. The minimum atomic E-state index is -0.713. The highest BCUT2D eigenvalue weighted by atomic mass is 16.5. The van der Waals surface area contributed by atoms with Crippen LogP contribution >= 0.6 is 0 Å². The number of carbonyl (C=O) groups is 1. The van der Waals surface area contributed by atoms with E-state index in [0.29, 0.717) is 5.92 Å². The van der Waals surface area contributed by atoms with Crippen LogP contribution in [0.1, 0.15) is 36.3 Å². The van der Waals surface area contributed by atoms with Gasteiger partial charge in [-0.2, -0.15) is 0 Å². The fourth-order valence-corrected chi connectivity index (χ4v) is 2.38. The van der Waals surface area contributed by atoms with Crippen LogP contribution in [0.25, 0.3) is 0 Å². The van der Waals surface area contributed by atoms with Crippen molar-refractivity contribution in [3.63, 3.8) is 0 Å². The summed E-state index contributed by atoms with van der Waals surface area (Å²) in [6.07, 6.45) is 2.54. The van der Waals surface area contributed by atoms with E-state index in [4.69, 9.17) is 9.84 Å². The molecule has 0 spiro atoms. The number of rotatable bonds is 5. The first-order chi connectivity index (χ1) is 8.11. The maximum absolute atomic E-state index is 10.9. The van der Waals surface area contributed by atoms with Gasteiger partial charge in [0.1, 0.15) is 5.75 Å². The van der Waals surface area contributed by atoms with E-state index in [1.54, 1.807) is 7.11 Å². The molecule has 1 aromatic carbocycles. The zero-order valence-electron chi connectivity index (χ0n) is 10.3. The molecule has 0 aromatic heterocycles. The molecule has 92 valence electrons. The lowest BCUT2D eigenvalue weighted by Crippen LogP contribution is -2.08. The number of ether oxygens (including phenoxy) is 1. The van der Waals surface area contributed by atoms with Crippen LogP contribution in [0.3, 0.4) is 0 Å². The Kier molecular flexibility index (Phi) is 3.36. The molecule has 1 fully saturated rings. The lowest BCUT2D eigenvalue weighted by molar-refractivity contribution is -0.137. The minimum Gasteiger partial charge on any atom is -0.496 e. The Balaban J connectivity index is 2.23. The molecule has 0 radical (unpaired) electrons. The number of carboxylic acid groups (broad SMARTS) is 1. The van der Waals surface area contributed by atoms with Gasteiger partial charge >= 0.3 is 5.97 Å². The van der Waals surface area contributed by atoms with Gasteiger partial charge in [0, 0.05) is 0 Å². The quantitative estimate of drug-likeness (QED) is 0.852. The number of benzene rings is 1. The summed E-state index contributed by atoms with van der Waals surface area (Å²) in [6, 6.07) is 5.99. The van der Waals surface area contributed by atoms with E-state index in [9.17, 15) is 4.79 Å². The van der Waals surface area contributed by atoms with Crippen molar-refractivity contribution in [2.24, 2.45) is 5.92 Å². The number of hydrogen-bond donors (Lipinski definition) is 1. The summed E-state index contributed by atoms with van der Waals surface area (Å²) in [5.41, 5.74) is 2.20. The van der Waals surface area contributed by atoms with Crippen LogP contribution in [-0.4, -0.2) is 18.2 Å². The highest BCUT2D eigenvalue weighted by Crippen LogP contribution is 2.45. The topological polar surface area (TPSA) is 46.5 Å². The van der Waals surface area contributed by atoms with E-state index in [1.807, 2.05) is 19.1 Å². The molecule has 1 aliphatic carbocycles. The molecule has 1 aliphatic rings. The Morgan fingerprint density at radius 2 is 2.24 bits per heavy atom. The lowest BCUT2D eigenvalue weighted by Gasteiger charge is -2.16.